The molecule has 0 aromatic heterocycles. The monoisotopic (exact) mass is 437 g/mol. The van der Waals surface area contributed by atoms with Gasteiger partial charge in [0.1, 0.15) is 0 Å². The lowest BCUT2D eigenvalue weighted by Gasteiger charge is -2.12. The van der Waals surface area contributed by atoms with Crippen LogP contribution in [0.25, 0.3) is 0 Å². The Morgan fingerprint density at radius 2 is 1.48 bits per heavy atom. The Labute approximate surface area is 181 Å². The molecular weight excluding hydrogens is 414 g/mol. The van der Waals surface area contributed by atoms with E-state index >= 15 is 0 Å². The fourth-order valence-corrected chi connectivity index (χ4v) is 4.37. The zero-order valence-electron chi connectivity index (χ0n) is 17.4. The van der Waals surface area contributed by atoms with Crippen molar-refractivity contribution in [3.05, 3.63) is 89.0 Å². The van der Waals surface area contributed by atoms with Gasteiger partial charge in [-0.2, -0.15) is 0 Å². The van der Waals surface area contributed by atoms with Gasteiger partial charge in [-0.25, -0.2) is 8.42 Å². The fourth-order valence-electron chi connectivity index (χ4n) is 2.98. The first-order chi connectivity index (χ1) is 14.7. The predicted molar refractivity (Wildman–Crippen MR) is 121 cm³/mol. The van der Waals surface area contributed by atoms with Crippen molar-refractivity contribution in [3.8, 4) is 0 Å². The number of carbonyl (C=O) groups excluding carboxylic acids is 2. The van der Waals surface area contributed by atoms with Crippen molar-refractivity contribution >= 4 is 33.2 Å². The number of hydrogen-bond donors (Lipinski definition) is 3. The average molecular weight is 438 g/mol. The molecule has 0 atom stereocenters. The molecule has 0 saturated carbocycles. The number of hydrogen-bond acceptors (Lipinski definition) is 4. The fraction of sp³-hybridized carbons (Fsp3) is 0.130. The highest BCUT2D eigenvalue weighted by molar-refractivity contribution is 7.92. The normalized spacial score (nSPS) is 10.9. The number of aryl methyl sites for hydroxylation is 2. The summed E-state index contributed by atoms with van der Waals surface area (Å²) in [4.78, 5) is 24.5. The van der Waals surface area contributed by atoms with Crippen LogP contribution in [0.15, 0.2) is 71.6 Å². The van der Waals surface area contributed by atoms with Crippen molar-refractivity contribution in [2.75, 3.05) is 17.1 Å². The molecule has 0 aliphatic carbocycles. The van der Waals surface area contributed by atoms with Gasteiger partial charge in [0.15, 0.2) is 0 Å². The van der Waals surface area contributed by atoms with E-state index in [4.69, 9.17) is 0 Å². The summed E-state index contributed by atoms with van der Waals surface area (Å²) >= 11 is 0. The molecule has 8 heteroatoms. The molecule has 3 N–H and O–H groups in total. The first kappa shape index (κ1) is 22.0. The number of benzene rings is 3. The first-order valence-corrected chi connectivity index (χ1v) is 11.0. The van der Waals surface area contributed by atoms with Crippen LogP contribution in [0.2, 0.25) is 0 Å². The van der Waals surface area contributed by atoms with Gasteiger partial charge in [0, 0.05) is 29.5 Å². The van der Waals surface area contributed by atoms with Crippen molar-refractivity contribution in [3.63, 3.8) is 0 Å². The summed E-state index contributed by atoms with van der Waals surface area (Å²) in [6, 6.07) is 17.9. The van der Waals surface area contributed by atoms with Gasteiger partial charge in [-0.15, -0.1) is 0 Å². The molecular formula is C23H23N3O4S. The molecule has 0 saturated heterocycles. The number of rotatable bonds is 6. The Morgan fingerprint density at radius 1 is 0.774 bits per heavy atom. The van der Waals surface area contributed by atoms with Gasteiger partial charge in [0.05, 0.1) is 4.90 Å². The number of amides is 2. The Bertz CT molecular complexity index is 1240. The van der Waals surface area contributed by atoms with E-state index < -0.39 is 10.0 Å². The molecule has 3 rings (SSSR count). The number of anilines is 2. The minimum Gasteiger partial charge on any atom is -0.355 e. The minimum absolute atomic E-state index is 0.213. The second kappa shape index (κ2) is 9.01. The number of sulfonamides is 1. The van der Waals surface area contributed by atoms with Crippen molar-refractivity contribution in [2.45, 2.75) is 18.7 Å². The minimum atomic E-state index is -3.75. The topological polar surface area (TPSA) is 104 Å². The standard InChI is InChI=1S/C23H23N3O4S/c1-15-7-8-16(2)21(13-15)31(29,30)26-19-11-9-17(10-12-19)23(28)25-20-6-4-5-18(14-20)22(27)24-3/h4-14,26H,1-3H3,(H,24,27)(H,25,28). The van der Waals surface area contributed by atoms with Gasteiger partial charge in [0.25, 0.3) is 21.8 Å². The maximum atomic E-state index is 12.7. The van der Waals surface area contributed by atoms with E-state index in [0.717, 1.165) is 5.56 Å². The molecule has 2 amide bonds. The van der Waals surface area contributed by atoms with E-state index in [1.54, 1.807) is 43.3 Å². The Morgan fingerprint density at radius 3 is 2.16 bits per heavy atom. The van der Waals surface area contributed by atoms with Gasteiger partial charge < -0.3 is 10.6 Å². The van der Waals surface area contributed by atoms with Crippen LogP contribution < -0.4 is 15.4 Å². The average Bonchev–Trinajstić information content (AvgIpc) is 2.75. The van der Waals surface area contributed by atoms with E-state index in [1.807, 2.05) is 13.0 Å². The summed E-state index contributed by atoms with van der Waals surface area (Å²) in [6.07, 6.45) is 0. The van der Waals surface area contributed by atoms with Crippen molar-refractivity contribution in [1.82, 2.24) is 5.32 Å². The van der Waals surface area contributed by atoms with Crippen LogP contribution in [0.3, 0.4) is 0 Å². The van der Waals surface area contributed by atoms with Gasteiger partial charge in [-0.3, -0.25) is 14.3 Å². The zero-order valence-corrected chi connectivity index (χ0v) is 18.2. The van der Waals surface area contributed by atoms with Gasteiger partial charge in [0.2, 0.25) is 0 Å². The van der Waals surface area contributed by atoms with E-state index in [1.165, 1.54) is 31.3 Å². The summed E-state index contributed by atoms with van der Waals surface area (Å²) in [6.45, 7) is 3.57. The van der Waals surface area contributed by atoms with Gasteiger partial charge >= 0.3 is 0 Å². The lowest BCUT2D eigenvalue weighted by Crippen LogP contribution is -2.18. The van der Waals surface area contributed by atoms with Crippen LogP contribution in [0.4, 0.5) is 11.4 Å². The smallest absolute Gasteiger partial charge is 0.262 e. The third-order valence-electron chi connectivity index (χ3n) is 4.64. The second-order valence-electron chi connectivity index (χ2n) is 7.07. The maximum absolute atomic E-state index is 12.7. The highest BCUT2D eigenvalue weighted by Crippen LogP contribution is 2.21. The molecule has 7 nitrogen and oxygen atoms in total. The lowest BCUT2D eigenvalue weighted by atomic mass is 10.1. The zero-order chi connectivity index (χ0) is 22.6. The highest BCUT2D eigenvalue weighted by Gasteiger charge is 2.17. The van der Waals surface area contributed by atoms with Crippen LogP contribution in [0.5, 0.6) is 0 Å². The van der Waals surface area contributed by atoms with Crippen molar-refractivity contribution < 1.29 is 18.0 Å². The van der Waals surface area contributed by atoms with Crippen LogP contribution in [-0.2, 0) is 10.0 Å². The summed E-state index contributed by atoms with van der Waals surface area (Å²) in [5.74, 6) is -0.630. The number of carbonyl (C=O) groups is 2. The summed E-state index contributed by atoms with van der Waals surface area (Å²) in [5, 5.41) is 5.26. The summed E-state index contributed by atoms with van der Waals surface area (Å²) < 4.78 is 28.0. The highest BCUT2D eigenvalue weighted by atomic mass is 32.2. The van der Waals surface area contributed by atoms with Crippen molar-refractivity contribution in [2.24, 2.45) is 0 Å². The lowest BCUT2D eigenvalue weighted by molar-refractivity contribution is 0.0961. The van der Waals surface area contributed by atoms with Crippen LogP contribution in [-0.4, -0.2) is 27.3 Å². The molecule has 0 heterocycles. The van der Waals surface area contributed by atoms with Crippen LogP contribution >= 0.6 is 0 Å². The van der Waals surface area contributed by atoms with E-state index in [2.05, 4.69) is 15.4 Å². The van der Waals surface area contributed by atoms with Crippen LogP contribution in [0.1, 0.15) is 31.8 Å². The molecule has 0 unspecified atom stereocenters. The first-order valence-electron chi connectivity index (χ1n) is 9.53. The molecule has 3 aromatic rings. The molecule has 31 heavy (non-hydrogen) atoms. The molecule has 0 aliphatic rings. The van der Waals surface area contributed by atoms with Crippen molar-refractivity contribution in [1.29, 1.82) is 0 Å². The Hall–Kier alpha value is -3.65. The Balaban J connectivity index is 1.73. The molecule has 0 spiro atoms. The molecule has 0 aliphatic heterocycles. The van der Waals surface area contributed by atoms with Gasteiger partial charge in [-0.05, 0) is 73.5 Å². The molecule has 3 aromatic carbocycles. The second-order valence-corrected chi connectivity index (χ2v) is 8.72. The molecule has 0 radical (unpaired) electrons. The number of nitrogens with one attached hydrogen (secondary N) is 3. The quantitative estimate of drug-likeness (QED) is 0.547. The van der Waals surface area contributed by atoms with E-state index in [9.17, 15) is 18.0 Å². The Kier molecular flexibility index (Phi) is 6.41. The summed E-state index contributed by atoms with van der Waals surface area (Å²) in [7, 11) is -2.22. The van der Waals surface area contributed by atoms with E-state index in [0.29, 0.717) is 28.1 Å². The van der Waals surface area contributed by atoms with Gasteiger partial charge in [-0.1, -0.05) is 18.2 Å². The molecule has 160 valence electrons. The SMILES string of the molecule is CNC(=O)c1cccc(NC(=O)c2ccc(NS(=O)(=O)c3cc(C)ccc3C)cc2)c1. The third-order valence-corrected chi connectivity index (χ3v) is 6.17. The molecule has 0 bridgehead atoms. The van der Waals surface area contributed by atoms with E-state index in [-0.39, 0.29) is 16.7 Å². The van der Waals surface area contributed by atoms with Crippen LogP contribution in [0, 0.1) is 13.8 Å². The predicted octanol–water partition coefficient (Wildman–Crippen LogP) is 3.72. The largest absolute Gasteiger partial charge is 0.355 e. The maximum Gasteiger partial charge on any atom is 0.262 e. The summed E-state index contributed by atoms with van der Waals surface area (Å²) in [5.41, 5.74) is 3.09. The molecule has 0 fully saturated rings. The third kappa shape index (κ3) is 5.29.